The Hall–Kier alpha value is -1.95. The number of benzene rings is 1. The zero-order valence-electron chi connectivity index (χ0n) is 13.1. The second kappa shape index (κ2) is 6.87. The molecule has 1 aromatic carbocycles. The van der Waals surface area contributed by atoms with Gasteiger partial charge >= 0.3 is 0 Å². The first-order chi connectivity index (χ1) is 10.4. The summed E-state index contributed by atoms with van der Waals surface area (Å²) >= 11 is 0. The lowest BCUT2D eigenvalue weighted by atomic mass is 9.77. The first-order valence-electron chi connectivity index (χ1n) is 7.62. The smallest absolute Gasteiger partial charge is 0.273 e. The quantitative estimate of drug-likeness (QED) is 0.644. The van der Waals surface area contributed by atoms with Crippen LogP contribution in [0.3, 0.4) is 0 Å². The van der Waals surface area contributed by atoms with Crippen LogP contribution in [0.4, 0.5) is 5.69 Å². The molecular formula is C16H23N3O3. The number of carbonyl (C=O) groups excluding carboxylic acids is 1. The van der Waals surface area contributed by atoms with Crippen LogP contribution in [-0.4, -0.2) is 30.0 Å². The Labute approximate surface area is 130 Å². The molecule has 0 spiro atoms. The molecule has 0 bridgehead atoms. The molecule has 1 aliphatic rings. The predicted molar refractivity (Wildman–Crippen MR) is 84.6 cm³/mol. The molecule has 1 unspecified atom stereocenters. The minimum absolute atomic E-state index is 0.00577. The summed E-state index contributed by atoms with van der Waals surface area (Å²) in [6, 6.07) is 6.60. The van der Waals surface area contributed by atoms with Gasteiger partial charge in [-0.25, -0.2) is 0 Å². The number of hydrogen-bond donors (Lipinski definition) is 2. The molecule has 1 fully saturated rings. The van der Waals surface area contributed by atoms with Crippen molar-refractivity contribution in [3.05, 3.63) is 39.9 Å². The average Bonchev–Trinajstić information content (AvgIpc) is 2.46. The summed E-state index contributed by atoms with van der Waals surface area (Å²) in [4.78, 5) is 22.6. The van der Waals surface area contributed by atoms with Gasteiger partial charge in [0, 0.05) is 24.2 Å². The predicted octanol–water partition coefficient (Wildman–Crippen LogP) is 2.03. The topological polar surface area (TPSA) is 84.3 Å². The van der Waals surface area contributed by atoms with E-state index in [4.69, 9.17) is 0 Å². The first kappa shape index (κ1) is 16.4. The van der Waals surface area contributed by atoms with Crippen molar-refractivity contribution < 1.29 is 9.72 Å². The van der Waals surface area contributed by atoms with Gasteiger partial charge in [-0.1, -0.05) is 32.0 Å². The molecule has 1 aromatic rings. The number of nitrogens with zero attached hydrogens (tertiary/aromatic N) is 1. The molecule has 6 heteroatoms. The molecule has 1 aliphatic heterocycles. The van der Waals surface area contributed by atoms with Gasteiger partial charge in [0.25, 0.3) is 5.69 Å². The van der Waals surface area contributed by atoms with Crippen molar-refractivity contribution >= 4 is 11.6 Å². The van der Waals surface area contributed by atoms with E-state index < -0.39 is 4.92 Å². The molecule has 1 heterocycles. The maximum Gasteiger partial charge on any atom is 0.273 e. The molecule has 1 amide bonds. The van der Waals surface area contributed by atoms with Gasteiger partial charge in [-0.3, -0.25) is 14.9 Å². The molecule has 1 saturated heterocycles. The number of para-hydroxylation sites is 1. The third-order valence-electron chi connectivity index (χ3n) is 4.37. The Morgan fingerprint density at radius 3 is 2.86 bits per heavy atom. The van der Waals surface area contributed by atoms with E-state index in [0.717, 1.165) is 19.4 Å². The Morgan fingerprint density at radius 2 is 2.18 bits per heavy atom. The number of nitrogens with one attached hydrogen (secondary N) is 2. The minimum Gasteiger partial charge on any atom is -0.354 e. The Bertz CT molecular complexity index is 557. The zero-order valence-corrected chi connectivity index (χ0v) is 13.1. The maximum atomic E-state index is 12.1. The molecule has 6 nitrogen and oxygen atoms in total. The van der Waals surface area contributed by atoms with E-state index in [1.54, 1.807) is 18.2 Å². The largest absolute Gasteiger partial charge is 0.354 e. The highest BCUT2D eigenvalue weighted by molar-refractivity contribution is 5.79. The lowest BCUT2D eigenvalue weighted by Crippen LogP contribution is -2.53. The molecule has 0 aromatic heterocycles. The highest BCUT2D eigenvalue weighted by Crippen LogP contribution is 2.29. The zero-order chi connectivity index (χ0) is 16.2. The van der Waals surface area contributed by atoms with Crippen molar-refractivity contribution in [1.29, 1.82) is 0 Å². The molecule has 2 rings (SSSR count). The van der Waals surface area contributed by atoms with E-state index in [2.05, 4.69) is 24.5 Å². The van der Waals surface area contributed by atoms with Crippen molar-refractivity contribution in [1.82, 2.24) is 10.6 Å². The summed E-state index contributed by atoms with van der Waals surface area (Å²) < 4.78 is 0. The van der Waals surface area contributed by atoms with Crippen LogP contribution in [0.25, 0.3) is 0 Å². The Morgan fingerprint density at radius 1 is 1.45 bits per heavy atom. The molecule has 2 N–H and O–H groups in total. The highest BCUT2D eigenvalue weighted by Gasteiger charge is 2.32. The van der Waals surface area contributed by atoms with Crippen LogP contribution < -0.4 is 10.6 Å². The van der Waals surface area contributed by atoms with Gasteiger partial charge in [0.05, 0.1) is 11.3 Å². The van der Waals surface area contributed by atoms with Gasteiger partial charge in [-0.15, -0.1) is 0 Å². The van der Waals surface area contributed by atoms with E-state index in [1.165, 1.54) is 6.07 Å². The molecule has 0 aliphatic carbocycles. The Kier molecular flexibility index (Phi) is 5.13. The van der Waals surface area contributed by atoms with Crippen LogP contribution in [0.5, 0.6) is 0 Å². The fourth-order valence-corrected chi connectivity index (χ4v) is 2.91. The summed E-state index contributed by atoms with van der Waals surface area (Å²) in [6.07, 6.45) is 2.31. The minimum atomic E-state index is -0.450. The van der Waals surface area contributed by atoms with Gasteiger partial charge in [-0.05, 0) is 24.8 Å². The number of piperidine rings is 1. The molecule has 120 valence electrons. The summed E-state index contributed by atoms with van der Waals surface area (Å²) in [6.45, 7) is 5.90. The lowest BCUT2D eigenvalue weighted by Gasteiger charge is -2.39. The average molecular weight is 305 g/mol. The monoisotopic (exact) mass is 305 g/mol. The van der Waals surface area contributed by atoms with Crippen LogP contribution in [0.1, 0.15) is 32.3 Å². The van der Waals surface area contributed by atoms with Crippen molar-refractivity contribution in [2.45, 2.75) is 39.2 Å². The van der Waals surface area contributed by atoms with Crippen LogP contribution in [0, 0.1) is 15.5 Å². The van der Waals surface area contributed by atoms with Crippen molar-refractivity contribution in [3.8, 4) is 0 Å². The van der Waals surface area contributed by atoms with Gasteiger partial charge in [0.2, 0.25) is 5.91 Å². The van der Waals surface area contributed by atoms with Gasteiger partial charge < -0.3 is 10.6 Å². The van der Waals surface area contributed by atoms with Crippen LogP contribution in [0.2, 0.25) is 0 Å². The van der Waals surface area contributed by atoms with Gasteiger partial charge in [0.1, 0.15) is 0 Å². The maximum absolute atomic E-state index is 12.1. The second-order valence-electron chi connectivity index (χ2n) is 6.47. The van der Waals surface area contributed by atoms with Crippen LogP contribution >= 0.6 is 0 Å². The third-order valence-corrected chi connectivity index (χ3v) is 4.37. The molecule has 22 heavy (non-hydrogen) atoms. The normalized spacial score (nSPS) is 20.4. The summed E-state index contributed by atoms with van der Waals surface area (Å²) in [5, 5.41) is 17.3. The third kappa shape index (κ3) is 4.04. The number of amides is 1. The fraction of sp³-hybridized carbons (Fsp3) is 0.562. The number of nitro groups is 1. The van der Waals surface area contributed by atoms with E-state index in [0.29, 0.717) is 12.1 Å². The molecular weight excluding hydrogens is 282 g/mol. The molecule has 1 atom stereocenters. The van der Waals surface area contributed by atoms with Crippen molar-refractivity contribution in [2.75, 3.05) is 13.1 Å². The standard InChI is InChI=1S/C16H23N3O3/c1-16(2)8-5-9-17-14(16)11-18-15(20)10-12-6-3-4-7-13(12)19(21)22/h3-4,6-7,14,17H,5,8-11H2,1-2H3,(H,18,20). The Balaban J connectivity index is 1.92. The summed E-state index contributed by atoms with van der Waals surface area (Å²) in [5.74, 6) is -0.183. The van der Waals surface area contributed by atoms with Gasteiger partial charge in [-0.2, -0.15) is 0 Å². The van der Waals surface area contributed by atoms with E-state index in [1.807, 2.05) is 0 Å². The summed E-state index contributed by atoms with van der Waals surface area (Å²) in [5.41, 5.74) is 0.583. The number of carbonyl (C=O) groups is 1. The summed E-state index contributed by atoms with van der Waals surface area (Å²) in [7, 11) is 0. The number of hydrogen-bond acceptors (Lipinski definition) is 4. The lowest BCUT2D eigenvalue weighted by molar-refractivity contribution is -0.385. The fourth-order valence-electron chi connectivity index (χ4n) is 2.91. The van der Waals surface area contributed by atoms with E-state index in [-0.39, 0.29) is 29.5 Å². The highest BCUT2D eigenvalue weighted by atomic mass is 16.6. The second-order valence-corrected chi connectivity index (χ2v) is 6.47. The van der Waals surface area contributed by atoms with Gasteiger partial charge in [0.15, 0.2) is 0 Å². The SMILES string of the molecule is CC1(C)CCCNC1CNC(=O)Cc1ccccc1[N+](=O)[O-]. The number of rotatable bonds is 5. The van der Waals surface area contributed by atoms with Crippen LogP contribution in [0.15, 0.2) is 24.3 Å². The van der Waals surface area contributed by atoms with Crippen LogP contribution in [-0.2, 0) is 11.2 Å². The van der Waals surface area contributed by atoms with Crippen molar-refractivity contribution in [3.63, 3.8) is 0 Å². The molecule has 0 radical (unpaired) electrons. The van der Waals surface area contributed by atoms with E-state index >= 15 is 0 Å². The van der Waals surface area contributed by atoms with Crippen molar-refractivity contribution in [2.24, 2.45) is 5.41 Å². The number of nitro benzene ring substituents is 1. The van der Waals surface area contributed by atoms with E-state index in [9.17, 15) is 14.9 Å². The first-order valence-corrected chi connectivity index (χ1v) is 7.62. The molecule has 0 saturated carbocycles.